The van der Waals surface area contributed by atoms with Crippen LogP contribution in [0.4, 0.5) is 0 Å². The Hall–Kier alpha value is -2.47. The minimum atomic E-state index is 0.362. The Kier molecular flexibility index (Phi) is 3.30. The number of fused-ring (bicyclic) bond motifs is 1. The molecule has 0 spiro atoms. The second kappa shape index (κ2) is 5.26. The molecular formula is C14H14N4O2. The Balaban J connectivity index is 2.14. The van der Waals surface area contributed by atoms with Crippen molar-refractivity contribution in [3.05, 3.63) is 42.4 Å². The number of hydrogen-bond acceptors (Lipinski definition) is 5. The van der Waals surface area contributed by atoms with Gasteiger partial charge in [-0.05, 0) is 18.2 Å². The van der Waals surface area contributed by atoms with Crippen LogP contribution in [-0.2, 0) is 11.3 Å². The molecule has 0 aliphatic rings. The number of aromatic nitrogens is 4. The molecule has 3 rings (SSSR count). The molecule has 3 aromatic rings. The summed E-state index contributed by atoms with van der Waals surface area (Å²) in [4.78, 5) is 8.53. The van der Waals surface area contributed by atoms with E-state index >= 15 is 0 Å². The zero-order valence-electron chi connectivity index (χ0n) is 11.3. The predicted molar refractivity (Wildman–Crippen MR) is 73.5 cm³/mol. The molecule has 6 nitrogen and oxygen atoms in total. The van der Waals surface area contributed by atoms with E-state index in [9.17, 15) is 0 Å². The van der Waals surface area contributed by atoms with Gasteiger partial charge in [-0.1, -0.05) is 12.1 Å². The van der Waals surface area contributed by atoms with Crippen molar-refractivity contribution in [2.24, 2.45) is 0 Å². The Morgan fingerprint density at radius 3 is 2.90 bits per heavy atom. The fourth-order valence-electron chi connectivity index (χ4n) is 2.03. The van der Waals surface area contributed by atoms with Gasteiger partial charge in [-0.3, -0.25) is 0 Å². The highest BCUT2D eigenvalue weighted by Crippen LogP contribution is 2.23. The van der Waals surface area contributed by atoms with Crippen LogP contribution in [0.15, 0.2) is 36.5 Å². The number of rotatable bonds is 4. The van der Waals surface area contributed by atoms with Crippen LogP contribution in [0.2, 0.25) is 0 Å². The summed E-state index contributed by atoms with van der Waals surface area (Å²) in [5.41, 5.74) is 1.90. The Morgan fingerprint density at radius 2 is 2.10 bits per heavy atom. The zero-order valence-corrected chi connectivity index (χ0v) is 11.3. The third-order valence-electron chi connectivity index (χ3n) is 2.92. The molecule has 0 atom stereocenters. The molecule has 2 aromatic heterocycles. The van der Waals surface area contributed by atoms with Crippen molar-refractivity contribution >= 4 is 5.78 Å². The normalized spacial score (nSPS) is 10.9. The van der Waals surface area contributed by atoms with Crippen molar-refractivity contribution in [2.45, 2.75) is 6.61 Å². The number of ether oxygens (including phenoxy) is 2. The average Bonchev–Trinajstić information content (AvgIpc) is 2.90. The van der Waals surface area contributed by atoms with E-state index in [0.29, 0.717) is 18.2 Å². The Labute approximate surface area is 116 Å². The van der Waals surface area contributed by atoms with Crippen LogP contribution in [0.5, 0.6) is 5.75 Å². The van der Waals surface area contributed by atoms with E-state index in [1.165, 1.54) is 0 Å². The molecule has 0 fully saturated rings. The third-order valence-corrected chi connectivity index (χ3v) is 2.92. The van der Waals surface area contributed by atoms with E-state index in [1.54, 1.807) is 24.9 Å². The van der Waals surface area contributed by atoms with Gasteiger partial charge in [-0.2, -0.15) is 9.50 Å². The van der Waals surface area contributed by atoms with Gasteiger partial charge in [0.2, 0.25) is 0 Å². The molecule has 0 aliphatic carbocycles. The van der Waals surface area contributed by atoms with Crippen LogP contribution in [0.3, 0.4) is 0 Å². The minimum absolute atomic E-state index is 0.362. The van der Waals surface area contributed by atoms with Crippen molar-refractivity contribution in [2.75, 3.05) is 14.2 Å². The van der Waals surface area contributed by atoms with Gasteiger partial charge in [0.15, 0.2) is 5.82 Å². The highest BCUT2D eigenvalue weighted by molar-refractivity contribution is 5.63. The van der Waals surface area contributed by atoms with E-state index in [1.807, 2.05) is 30.3 Å². The predicted octanol–water partition coefficient (Wildman–Crippen LogP) is 1.95. The molecule has 2 heterocycles. The third kappa shape index (κ3) is 2.21. The monoisotopic (exact) mass is 270 g/mol. The van der Waals surface area contributed by atoms with Crippen molar-refractivity contribution in [1.82, 2.24) is 19.6 Å². The van der Waals surface area contributed by atoms with Gasteiger partial charge in [0.05, 0.1) is 12.8 Å². The molecule has 0 unspecified atom stereocenters. The van der Waals surface area contributed by atoms with Crippen LogP contribution >= 0.6 is 0 Å². The molecule has 20 heavy (non-hydrogen) atoms. The summed E-state index contributed by atoms with van der Waals surface area (Å²) in [5, 5.41) is 4.41. The summed E-state index contributed by atoms with van der Waals surface area (Å²) in [6, 6.07) is 9.68. The van der Waals surface area contributed by atoms with Gasteiger partial charge >= 0.3 is 0 Å². The first-order valence-electron chi connectivity index (χ1n) is 6.16. The molecule has 102 valence electrons. The molecule has 6 heteroatoms. The lowest BCUT2D eigenvalue weighted by Gasteiger charge is -2.05. The lowest BCUT2D eigenvalue weighted by molar-refractivity contribution is 0.178. The van der Waals surface area contributed by atoms with Crippen molar-refractivity contribution in [3.63, 3.8) is 0 Å². The van der Waals surface area contributed by atoms with Crippen LogP contribution in [0.25, 0.3) is 17.0 Å². The zero-order chi connectivity index (χ0) is 13.9. The summed E-state index contributed by atoms with van der Waals surface area (Å²) >= 11 is 0. The Bertz CT molecular complexity index is 739. The lowest BCUT2D eigenvalue weighted by Crippen LogP contribution is -1.97. The average molecular weight is 270 g/mol. The van der Waals surface area contributed by atoms with E-state index in [0.717, 1.165) is 17.0 Å². The quantitative estimate of drug-likeness (QED) is 0.725. The standard InChI is InChI=1S/C14H14N4O2/c1-19-9-13-16-14-15-7-6-12(18(14)17-13)10-4-3-5-11(8-10)20-2/h3-8H,9H2,1-2H3. The lowest BCUT2D eigenvalue weighted by atomic mass is 10.1. The molecule has 0 N–H and O–H groups in total. The molecule has 1 aromatic carbocycles. The fraction of sp³-hybridized carbons (Fsp3) is 0.214. The first kappa shape index (κ1) is 12.6. The maximum atomic E-state index is 5.25. The van der Waals surface area contributed by atoms with E-state index in [4.69, 9.17) is 9.47 Å². The van der Waals surface area contributed by atoms with Gasteiger partial charge in [0, 0.05) is 18.9 Å². The molecular weight excluding hydrogens is 256 g/mol. The molecule has 0 aliphatic heterocycles. The van der Waals surface area contributed by atoms with E-state index in [2.05, 4.69) is 15.1 Å². The maximum absolute atomic E-state index is 5.25. The smallest absolute Gasteiger partial charge is 0.253 e. The molecule has 0 saturated carbocycles. The van der Waals surface area contributed by atoms with Crippen molar-refractivity contribution in [3.8, 4) is 17.0 Å². The SMILES string of the molecule is COCc1nc2nccc(-c3cccc(OC)c3)n2n1. The number of hydrogen-bond donors (Lipinski definition) is 0. The van der Waals surface area contributed by atoms with Gasteiger partial charge in [0.25, 0.3) is 5.78 Å². The topological polar surface area (TPSA) is 61.5 Å². The maximum Gasteiger partial charge on any atom is 0.253 e. The highest BCUT2D eigenvalue weighted by atomic mass is 16.5. The molecule has 0 saturated heterocycles. The molecule has 0 radical (unpaired) electrons. The first-order chi connectivity index (χ1) is 9.81. The second-order valence-electron chi connectivity index (χ2n) is 4.23. The van der Waals surface area contributed by atoms with Crippen LogP contribution in [0, 0.1) is 0 Å². The number of benzene rings is 1. The van der Waals surface area contributed by atoms with Gasteiger partial charge in [-0.15, -0.1) is 5.10 Å². The molecule has 0 bridgehead atoms. The fourth-order valence-corrected chi connectivity index (χ4v) is 2.03. The van der Waals surface area contributed by atoms with Gasteiger partial charge < -0.3 is 9.47 Å². The van der Waals surface area contributed by atoms with Crippen LogP contribution in [0.1, 0.15) is 5.82 Å². The van der Waals surface area contributed by atoms with Crippen LogP contribution in [-0.4, -0.2) is 33.8 Å². The number of nitrogens with zero attached hydrogens (tertiary/aromatic N) is 4. The minimum Gasteiger partial charge on any atom is -0.497 e. The summed E-state index contributed by atoms with van der Waals surface area (Å²) in [5.74, 6) is 1.96. The summed E-state index contributed by atoms with van der Waals surface area (Å²) < 4.78 is 12.0. The second-order valence-corrected chi connectivity index (χ2v) is 4.23. The summed E-state index contributed by atoms with van der Waals surface area (Å²) in [7, 11) is 3.26. The van der Waals surface area contributed by atoms with Crippen molar-refractivity contribution < 1.29 is 9.47 Å². The largest absolute Gasteiger partial charge is 0.497 e. The highest BCUT2D eigenvalue weighted by Gasteiger charge is 2.10. The van der Waals surface area contributed by atoms with E-state index < -0.39 is 0 Å². The number of methoxy groups -OCH3 is 2. The van der Waals surface area contributed by atoms with Gasteiger partial charge in [0.1, 0.15) is 12.4 Å². The van der Waals surface area contributed by atoms with E-state index in [-0.39, 0.29) is 0 Å². The van der Waals surface area contributed by atoms with Gasteiger partial charge in [-0.25, -0.2) is 4.98 Å². The van der Waals surface area contributed by atoms with Crippen molar-refractivity contribution in [1.29, 1.82) is 0 Å². The summed E-state index contributed by atoms with van der Waals surface area (Å²) in [6.45, 7) is 0.362. The Morgan fingerprint density at radius 1 is 1.20 bits per heavy atom. The van der Waals surface area contributed by atoms with Crippen LogP contribution < -0.4 is 4.74 Å². The first-order valence-corrected chi connectivity index (χ1v) is 6.16. The summed E-state index contributed by atoms with van der Waals surface area (Å²) in [6.07, 6.45) is 1.72. The molecule has 0 amide bonds.